The predicted octanol–water partition coefficient (Wildman–Crippen LogP) is 9.37. The van der Waals surface area contributed by atoms with Gasteiger partial charge in [-0.25, -0.2) is 13.9 Å². The summed E-state index contributed by atoms with van der Waals surface area (Å²) in [6.45, 7) is 19.5. The highest BCUT2D eigenvalue weighted by Crippen LogP contribution is 2.42. The molecule has 228 valence electrons. The molecule has 1 aliphatic heterocycles. The summed E-state index contributed by atoms with van der Waals surface area (Å²) in [6, 6.07) is 4.78. The van der Waals surface area contributed by atoms with E-state index in [1.54, 1.807) is 31.5 Å². The lowest BCUT2D eigenvalue weighted by molar-refractivity contribution is -0.0394. The maximum absolute atomic E-state index is 16.0. The van der Waals surface area contributed by atoms with Crippen molar-refractivity contribution < 1.29 is 18.7 Å². The molecule has 10 heteroatoms. The number of amides is 1. The zero-order valence-corrected chi connectivity index (χ0v) is 28.0. The molecule has 3 heterocycles. The molecule has 0 saturated carbocycles. The Morgan fingerprint density at radius 3 is 2.40 bits per heavy atom. The van der Waals surface area contributed by atoms with Gasteiger partial charge >= 0.3 is 6.09 Å². The third kappa shape index (κ3) is 6.41. The number of carbonyl (C=O) groups is 1. The minimum atomic E-state index is -2.14. The molecule has 7 nitrogen and oxygen atoms in total. The van der Waals surface area contributed by atoms with Crippen LogP contribution in [0.5, 0.6) is 0 Å². The fourth-order valence-corrected chi connectivity index (χ4v) is 11.7. The lowest BCUT2D eigenvalue weighted by Crippen LogP contribution is -2.43. The van der Waals surface area contributed by atoms with Gasteiger partial charge in [0.25, 0.3) is 0 Å². The Balaban J connectivity index is 1.96. The molecule has 42 heavy (non-hydrogen) atoms. The summed E-state index contributed by atoms with van der Waals surface area (Å²) in [5.41, 5.74) is 6.15. The molecule has 1 aromatic carbocycles. The Hall–Kier alpha value is -2.80. The first-order valence-electron chi connectivity index (χ1n) is 14.9. The second kappa shape index (κ2) is 12.4. The number of rotatable bonds is 6. The summed E-state index contributed by atoms with van der Waals surface area (Å²) < 4.78 is 30.9. The van der Waals surface area contributed by atoms with Crippen LogP contribution in [0.2, 0.25) is 21.6 Å². The Bertz CT molecular complexity index is 1480. The molecule has 1 N–H and O–H groups in total. The van der Waals surface area contributed by atoms with Gasteiger partial charge in [-0.15, -0.1) is 5.54 Å². The number of hydrogen-bond donors (Lipinski definition) is 1. The average Bonchev–Trinajstić information content (AvgIpc) is 3.52. The Morgan fingerprint density at radius 2 is 1.83 bits per heavy atom. The number of ether oxygens (including phenoxy) is 2. The summed E-state index contributed by atoms with van der Waals surface area (Å²) in [5.74, 6) is -0.601. The van der Waals surface area contributed by atoms with Crippen molar-refractivity contribution in [2.75, 3.05) is 11.9 Å². The van der Waals surface area contributed by atoms with E-state index in [1.165, 1.54) is 6.07 Å². The van der Waals surface area contributed by atoms with E-state index < -0.39 is 25.6 Å². The SMILES string of the molecule is CC(C)[Si](C#Cn1cc(-c2cnn(C3CCCCO3)c2)c2c(NC(=O)OC(C)(C)C)cc(Cl)c(F)c21)(C(C)C)C(C)C. The van der Waals surface area contributed by atoms with Crippen LogP contribution in [0.25, 0.3) is 22.0 Å². The number of hydrogen-bond acceptors (Lipinski definition) is 4. The van der Waals surface area contributed by atoms with Gasteiger partial charge in [0.1, 0.15) is 25.4 Å². The highest BCUT2D eigenvalue weighted by molar-refractivity contribution is 6.90. The van der Waals surface area contributed by atoms with E-state index in [4.69, 9.17) is 21.1 Å². The van der Waals surface area contributed by atoms with Crippen LogP contribution in [0.15, 0.2) is 24.7 Å². The van der Waals surface area contributed by atoms with Gasteiger partial charge < -0.3 is 9.47 Å². The van der Waals surface area contributed by atoms with Crippen molar-refractivity contribution in [1.82, 2.24) is 14.3 Å². The Morgan fingerprint density at radius 1 is 1.17 bits per heavy atom. The quantitative estimate of drug-likeness (QED) is 0.222. The minimum absolute atomic E-state index is 0.118. The monoisotopic (exact) mass is 614 g/mol. The first-order chi connectivity index (χ1) is 19.7. The van der Waals surface area contributed by atoms with Crippen LogP contribution < -0.4 is 5.32 Å². The van der Waals surface area contributed by atoms with Crippen LogP contribution in [-0.2, 0) is 9.47 Å². The lowest BCUT2D eigenvalue weighted by Gasteiger charge is -2.37. The van der Waals surface area contributed by atoms with Crippen molar-refractivity contribution in [2.24, 2.45) is 0 Å². The normalized spacial score (nSPS) is 16.3. The van der Waals surface area contributed by atoms with Crippen LogP contribution in [0, 0.1) is 17.4 Å². The summed E-state index contributed by atoms with van der Waals surface area (Å²) in [7, 11) is -2.14. The Labute approximate surface area is 255 Å². The number of nitrogens with one attached hydrogen (secondary N) is 1. The molecule has 1 amide bonds. The molecule has 3 aromatic rings. The van der Waals surface area contributed by atoms with E-state index in [0.717, 1.165) is 24.8 Å². The molecule has 1 atom stereocenters. The number of carbonyl (C=O) groups excluding carboxylic acids is 1. The number of aromatic nitrogens is 3. The second-order valence-corrected chi connectivity index (χ2v) is 19.1. The first-order valence-corrected chi connectivity index (χ1v) is 17.5. The largest absolute Gasteiger partial charge is 0.444 e. The maximum Gasteiger partial charge on any atom is 0.412 e. The van der Waals surface area contributed by atoms with E-state index in [0.29, 0.717) is 39.9 Å². The van der Waals surface area contributed by atoms with Crippen LogP contribution in [-0.4, -0.2) is 40.7 Å². The number of halogens is 2. The maximum atomic E-state index is 16.0. The standard InChI is InChI=1S/C32H44ClFN4O3Si/c1-20(2)42(21(3)4,22(5)6)15-13-37-19-24(23-17-35-38(18-23)27-12-10-11-14-40-27)28-26(16-25(33)29(34)30(28)37)36-31(39)41-32(7,8)9/h16-22,27H,10-12,14H2,1-9H3,(H,36,39). The second-order valence-electron chi connectivity index (χ2n) is 13.1. The molecule has 0 spiro atoms. The molecule has 2 aromatic heterocycles. The number of benzene rings is 1. The van der Waals surface area contributed by atoms with Crippen molar-refractivity contribution in [2.45, 2.75) is 110 Å². The third-order valence-electron chi connectivity index (χ3n) is 8.22. The molecule has 0 bridgehead atoms. The van der Waals surface area contributed by atoms with Gasteiger partial charge in [0.2, 0.25) is 0 Å². The number of anilines is 1. The van der Waals surface area contributed by atoms with Gasteiger partial charge in [-0.2, -0.15) is 5.10 Å². The zero-order valence-electron chi connectivity index (χ0n) is 26.3. The topological polar surface area (TPSA) is 70.3 Å². The van der Waals surface area contributed by atoms with Crippen LogP contribution in [0.1, 0.15) is 87.8 Å². The van der Waals surface area contributed by atoms with Crippen molar-refractivity contribution in [3.05, 3.63) is 35.5 Å². The summed E-state index contributed by atoms with van der Waals surface area (Å²) in [5, 5.41) is 7.76. The number of fused-ring (bicyclic) bond motifs is 1. The minimum Gasteiger partial charge on any atom is -0.444 e. The molecular weight excluding hydrogens is 571 g/mol. The van der Waals surface area contributed by atoms with E-state index >= 15 is 4.39 Å². The highest BCUT2D eigenvalue weighted by atomic mass is 35.5. The van der Waals surface area contributed by atoms with E-state index in [9.17, 15) is 4.79 Å². The molecule has 0 aliphatic carbocycles. The van der Waals surface area contributed by atoms with E-state index in [1.807, 2.05) is 17.1 Å². The summed E-state index contributed by atoms with van der Waals surface area (Å²) in [4.78, 5) is 12.9. The van der Waals surface area contributed by atoms with Gasteiger partial charge in [0.15, 0.2) is 5.82 Å². The zero-order chi connectivity index (χ0) is 31.0. The summed E-state index contributed by atoms with van der Waals surface area (Å²) >= 11 is 6.43. The third-order valence-corrected chi connectivity index (χ3v) is 14.8. The molecule has 1 fully saturated rings. The fraction of sp³-hybridized carbons (Fsp3) is 0.562. The lowest BCUT2D eigenvalue weighted by atomic mass is 10.1. The average molecular weight is 615 g/mol. The van der Waals surface area contributed by atoms with Crippen LogP contribution in [0.4, 0.5) is 14.9 Å². The van der Waals surface area contributed by atoms with Crippen molar-refractivity contribution in [3.8, 4) is 22.7 Å². The van der Waals surface area contributed by atoms with Crippen LogP contribution in [0.3, 0.4) is 0 Å². The Kier molecular flexibility index (Phi) is 9.51. The number of nitrogens with zero attached hydrogens (tertiary/aromatic N) is 3. The van der Waals surface area contributed by atoms with Gasteiger partial charge in [-0.1, -0.05) is 53.1 Å². The highest BCUT2D eigenvalue weighted by Gasteiger charge is 2.42. The van der Waals surface area contributed by atoms with Gasteiger partial charge in [0, 0.05) is 41.6 Å². The molecule has 1 saturated heterocycles. The first kappa shape index (κ1) is 32.1. The summed E-state index contributed by atoms with van der Waals surface area (Å²) in [6.07, 6.45) is 7.62. The molecule has 4 rings (SSSR count). The van der Waals surface area contributed by atoms with Gasteiger partial charge in [0.05, 0.1) is 16.9 Å². The van der Waals surface area contributed by atoms with Crippen LogP contribution >= 0.6 is 11.6 Å². The molecule has 1 aliphatic rings. The fourth-order valence-electron chi connectivity index (χ4n) is 6.35. The molecular formula is C32H44ClFN4O3Si. The smallest absolute Gasteiger partial charge is 0.412 e. The van der Waals surface area contributed by atoms with Crippen molar-refractivity contribution in [1.29, 1.82) is 0 Å². The van der Waals surface area contributed by atoms with Gasteiger partial charge in [-0.3, -0.25) is 9.88 Å². The van der Waals surface area contributed by atoms with Gasteiger partial charge in [-0.05, 0) is 62.7 Å². The predicted molar refractivity (Wildman–Crippen MR) is 171 cm³/mol. The molecule has 0 radical (unpaired) electrons. The van der Waals surface area contributed by atoms with Crippen molar-refractivity contribution >= 4 is 42.4 Å². The van der Waals surface area contributed by atoms with Crippen molar-refractivity contribution in [3.63, 3.8) is 0 Å². The molecule has 1 unspecified atom stereocenters. The van der Waals surface area contributed by atoms with E-state index in [-0.39, 0.29) is 16.8 Å². The van der Waals surface area contributed by atoms with E-state index in [2.05, 4.69) is 63.5 Å².